The van der Waals surface area contributed by atoms with Gasteiger partial charge in [0.2, 0.25) is 5.91 Å². The van der Waals surface area contributed by atoms with Crippen molar-refractivity contribution in [3.8, 4) is 0 Å². The van der Waals surface area contributed by atoms with Gasteiger partial charge in [-0.15, -0.1) is 0 Å². The van der Waals surface area contributed by atoms with E-state index in [9.17, 15) is 29.7 Å². The van der Waals surface area contributed by atoms with Gasteiger partial charge in [-0.05, 0) is 30.7 Å². The van der Waals surface area contributed by atoms with Gasteiger partial charge in [-0.3, -0.25) is 9.69 Å². The molecule has 65 heavy (non-hydrogen) atoms. The van der Waals surface area contributed by atoms with Gasteiger partial charge in [0.15, 0.2) is 6.23 Å². The highest BCUT2D eigenvalue weighted by Crippen LogP contribution is 2.26. The number of alkyl carbamates (subject to hydrolysis) is 1. The number of benzene rings is 1. The van der Waals surface area contributed by atoms with Crippen LogP contribution in [0.1, 0.15) is 219 Å². The van der Waals surface area contributed by atoms with E-state index in [1.54, 1.807) is 0 Å². The SMILES string of the molecule is CCCCCCCCCCCCCCCCCCN(C(=O)NCCCCCCCCCCCCCC)[C@@H]1O[C@H](CO)[C@@H](O)[C@H](O)[C@H]1NC(=O)[C@H](CC(C)C)NC(=O)OCc1ccccc1. The number of rotatable bonds is 39. The number of hydrogen-bond donors (Lipinski definition) is 6. The highest BCUT2D eigenvalue weighted by molar-refractivity contribution is 5.86. The topological polar surface area (TPSA) is 170 Å². The molecule has 12 nitrogen and oxygen atoms in total. The minimum atomic E-state index is -1.57. The number of hydrogen-bond acceptors (Lipinski definition) is 8. The van der Waals surface area contributed by atoms with Crippen molar-refractivity contribution in [3.63, 3.8) is 0 Å². The molecule has 6 atom stereocenters. The van der Waals surface area contributed by atoms with Gasteiger partial charge in [0.25, 0.3) is 0 Å². The Kier molecular flexibility index (Phi) is 34.1. The van der Waals surface area contributed by atoms with Gasteiger partial charge in [0.05, 0.1) is 6.61 Å². The first kappa shape index (κ1) is 58.2. The molecule has 1 saturated heterocycles. The number of carbonyl (C=O) groups excluding carboxylic acids is 3. The van der Waals surface area contributed by atoms with E-state index in [0.717, 1.165) is 44.1 Å². The van der Waals surface area contributed by atoms with Crippen molar-refractivity contribution in [3.05, 3.63) is 35.9 Å². The van der Waals surface area contributed by atoms with Gasteiger partial charge in [0.1, 0.15) is 37.0 Å². The lowest BCUT2D eigenvalue weighted by atomic mass is 9.94. The summed E-state index contributed by atoms with van der Waals surface area (Å²) in [5.41, 5.74) is 0.798. The van der Waals surface area contributed by atoms with E-state index in [2.05, 4.69) is 29.8 Å². The summed E-state index contributed by atoms with van der Waals surface area (Å²) in [4.78, 5) is 42.6. The van der Waals surface area contributed by atoms with E-state index < -0.39 is 55.2 Å². The van der Waals surface area contributed by atoms with E-state index in [1.165, 1.54) is 140 Å². The van der Waals surface area contributed by atoms with Crippen molar-refractivity contribution in [2.75, 3.05) is 19.7 Å². The molecule has 1 aliphatic rings. The third-order valence-corrected chi connectivity index (χ3v) is 12.9. The average molecular weight is 917 g/mol. The normalized spacial score (nSPS) is 18.9. The molecule has 0 saturated carbocycles. The molecule has 1 heterocycles. The van der Waals surface area contributed by atoms with Crippen molar-refractivity contribution in [1.82, 2.24) is 20.9 Å². The molecule has 12 heteroatoms. The quantitative estimate of drug-likeness (QED) is 0.0355. The van der Waals surface area contributed by atoms with Crippen LogP contribution >= 0.6 is 0 Å². The van der Waals surface area contributed by atoms with Crippen LogP contribution in [0.25, 0.3) is 0 Å². The average Bonchev–Trinajstić information content (AvgIpc) is 3.30. The largest absolute Gasteiger partial charge is 0.445 e. The lowest BCUT2D eigenvalue weighted by molar-refractivity contribution is -0.224. The van der Waals surface area contributed by atoms with E-state index in [0.29, 0.717) is 19.5 Å². The molecule has 0 aromatic heterocycles. The smallest absolute Gasteiger partial charge is 0.408 e. The molecule has 4 amide bonds. The van der Waals surface area contributed by atoms with Gasteiger partial charge in [-0.2, -0.15) is 0 Å². The lowest BCUT2D eigenvalue weighted by Crippen LogP contribution is -2.70. The van der Waals surface area contributed by atoms with Gasteiger partial charge in [0, 0.05) is 13.1 Å². The number of nitrogens with one attached hydrogen (secondary N) is 3. The summed E-state index contributed by atoms with van der Waals surface area (Å²) in [6, 6.07) is 6.55. The van der Waals surface area contributed by atoms with Crippen LogP contribution in [-0.2, 0) is 20.9 Å². The van der Waals surface area contributed by atoms with Crippen molar-refractivity contribution in [1.29, 1.82) is 0 Å². The first-order valence-electron chi connectivity index (χ1n) is 26.6. The molecular formula is C53H96N4O8. The number of urea groups is 1. The summed E-state index contributed by atoms with van der Waals surface area (Å²) in [5.74, 6) is -0.604. The third-order valence-electron chi connectivity index (χ3n) is 12.9. The number of carbonyl (C=O) groups is 3. The highest BCUT2D eigenvalue weighted by Gasteiger charge is 2.48. The maximum atomic E-state index is 14.1. The van der Waals surface area contributed by atoms with Crippen LogP contribution in [0.3, 0.4) is 0 Å². The molecular weight excluding hydrogens is 821 g/mol. The fourth-order valence-electron chi connectivity index (χ4n) is 8.83. The van der Waals surface area contributed by atoms with Crippen LogP contribution in [0.2, 0.25) is 0 Å². The number of ether oxygens (including phenoxy) is 2. The summed E-state index contributed by atoms with van der Waals surface area (Å²) >= 11 is 0. The first-order valence-corrected chi connectivity index (χ1v) is 26.6. The Morgan fingerprint density at radius 1 is 0.662 bits per heavy atom. The number of aliphatic hydroxyl groups excluding tert-OH is 3. The second-order valence-electron chi connectivity index (χ2n) is 19.3. The van der Waals surface area contributed by atoms with E-state index in [1.807, 2.05) is 44.2 Å². The molecule has 0 unspecified atom stereocenters. The van der Waals surface area contributed by atoms with E-state index in [4.69, 9.17) is 9.47 Å². The van der Waals surface area contributed by atoms with Crippen LogP contribution in [0, 0.1) is 5.92 Å². The second-order valence-corrected chi connectivity index (χ2v) is 19.3. The molecule has 0 radical (unpaired) electrons. The molecule has 2 rings (SSSR count). The Balaban J connectivity index is 2.04. The number of unbranched alkanes of at least 4 members (excludes halogenated alkanes) is 26. The van der Waals surface area contributed by atoms with Crippen LogP contribution in [-0.4, -0.2) is 94.6 Å². The predicted octanol–water partition coefficient (Wildman–Crippen LogP) is 11.2. The fourth-order valence-corrected chi connectivity index (χ4v) is 8.83. The third kappa shape index (κ3) is 26.9. The Hall–Kier alpha value is -2.93. The molecule has 0 spiro atoms. The Labute approximate surface area is 395 Å². The van der Waals surface area contributed by atoms with E-state index >= 15 is 0 Å². The Bertz CT molecular complexity index is 1320. The monoisotopic (exact) mass is 917 g/mol. The fraction of sp³-hybridized carbons (Fsp3) is 0.830. The van der Waals surface area contributed by atoms with E-state index in [-0.39, 0.29) is 25.0 Å². The van der Waals surface area contributed by atoms with Gasteiger partial charge in [-0.25, -0.2) is 9.59 Å². The summed E-state index contributed by atoms with van der Waals surface area (Å²) in [7, 11) is 0. The van der Waals surface area contributed by atoms with Crippen LogP contribution < -0.4 is 16.0 Å². The van der Waals surface area contributed by atoms with Crippen LogP contribution in [0.4, 0.5) is 9.59 Å². The summed E-state index contributed by atoms with van der Waals surface area (Å²) in [5, 5.41) is 41.4. The number of amides is 4. The second kappa shape index (κ2) is 38.1. The van der Waals surface area contributed by atoms with Gasteiger partial charge in [-0.1, -0.05) is 225 Å². The predicted molar refractivity (Wildman–Crippen MR) is 263 cm³/mol. The minimum absolute atomic E-state index is 0.00496. The first-order chi connectivity index (χ1) is 31.6. The van der Waals surface area contributed by atoms with Crippen molar-refractivity contribution < 1.29 is 39.2 Å². The standard InChI is InChI=1S/C53H96N4O8/c1-5-7-9-11-13-15-17-19-20-21-22-24-26-28-30-35-39-57(52(62)54-38-34-29-27-25-23-18-16-14-12-10-8-6-2)51-47(49(60)48(59)46(41-58)65-51)56-50(61)45(40-43(3)4)55-53(63)64-42-44-36-32-31-33-37-44/h31-33,36-37,43,45-49,51,58-60H,5-30,34-35,38-42H2,1-4H3,(H,54,62)(H,55,63)(H,56,61)/t45-,46+,47+,48+,49+,51+/m0/s1. The molecule has 6 N–H and O–H groups in total. The maximum Gasteiger partial charge on any atom is 0.408 e. The number of aliphatic hydroxyl groups is 3. The van der Waals surface area contributed by atoms with Gasteiger partial charge < -0.3 is 40.7 Å². The van der Waals surface area contributed by atoms with Crippen molar-refractivity contribution in [2.45, 2.75) is 257 Å². The number of nitrogens with zero attached hydrogens (tertiary/aromatic N) is 1. The van der Waals surface area contributed by atoms with Crippen molar-refractivity contribution in [2.24, 2.45) is 5.92 Å². The molecule has 1 aliphatic heterocycles. The molecule has 0 bridgehead atoms. The zero-order chi connectivity index (χ0) is 47.3. The maximum absolute atomic E-state index is 14.1. The molecule has 1 fully saturated rings. The minimum Gasteiger partial charge on any atom is -0.445 e. The zero-order valence-electron chi connectivity index (χ0n) is 41.6. The molecule has 0 aliphatic carbocycles. The Morgan fingerprint density at radius 3 is 1.58 bits per heavy atom. The van der Waals surface area contributed by atoms with Crippen LogP contribution in [0.5, 0.6) is 0 Å². The summed E-state index contributed by atoms with van der Waals surface area (Å²) in [6.07, 6.45) is 28.1. The van der Waals surface area contributed by atoms with Crippen molar-refractivity contribution >= 4 is 18.0 Å². The Morgan fingerprint density at radius 2 is 1.12 bits per heavy atom. The summed E-state index contributed by atoms with van der Waals surface area (Å²) < 4.78 is 11.6. The molecule has 376 valence electrons. The van der Waals surface area contributed by atoms with Crippen LogP contribution in [0.15, 0.2) is 30.3 Å². The lowest BCUT2D eigenvalue weighted by Gasteiger charge is -2.47. The molecule has 1 aromatic carbocycles. The zero-order valence-corrected chi connectivity index (χ0v) is 41.6. The highest BCUT2D eigenvalue weighted by atomic mass is 16.6. The summed E-state index contributed by atoms with van der Waals surface area (Å²) in [6.45, 7) is 8.55. The molecule has 1 aromatic rings. The van der Waals surface area contributed by atoms with Gasteiger partial charge >= 0.3 is 12.1 Å².